The number of rotatable bonds is 4. The van der Waals surface area contributed by atoms with Gasteiger partial charge in [0, 0.05) is 11.3 Å². The van der Waals surface area contributed by atoms with E-state index in [4.69, 9.17) is 0 Å². The lowest BCUT2D eigenvalue weighted by Gasteiger charge is -2.04. The van der Waals surface area contributed by atoms with Crippen LogP contribution < -0.4 is 10.7 Å². The predicted molar refractivity (Wildman–Crippen MR) is 82.6 cm³/mol. The fourth-order valence-corrected chi connectivity index (χ4v) is 1.65. The summed E-state index contributed by atoms with van der Waals surface area (Å²) < 4.78 is 0. The molecule has 0 unspecified atom stereocenters. The molecular weight excluding hydrogens is 266 g/mol. The topological polar surface area (TPSA) is 70.6 Å². The third kappa shape index (κ3) is 4.58. The van der Waals surface area contributed by atoms with Crippen LogP contribution in [-0.4, -0.2) is 18.0 Å². The van der Waals surface area contributed by atoms with E-state index in [1.54, 1.807) is 30.5 Å². The molecule has 2 rings (SSSR count). The minimum absolute atomic E-state index is 0.0153. The molecule has 0 saturated heterocycles. The maximum absolute atomic E-state index is 11.6. The molecule has 0 aliphatic heterocycles. The first-order valence-corrected chi connectivity index (χ1v) is 6.41. The summed E-state index contributed by atoms with van der Waals surface area (Å²) in [6.45, 7) is 1.49. The Morgan fingerprint density at radius 2 is 1.67 bits per heavy atom. The standard InChI is InChI=1S/C16H15N3O2/c1-12(20)14-7-9-15(10-8-14)18-16(21)19-17-11-13-5-3-2-4-6-13/h2-11H,1H3,(H2,18,19,21)/b17-11+. The van der Waals surface area contributed by atoms with Gasteiger partial charge in [-0.15, -0.1) is 0 Å². The summed E-state index contributed by atoms with van der Waals surface area (Å²) in [6.07, 6.45) is 1.55. The minimum Gasteiger partial charge on any atom is -0.307 e. The van der Waals surface area contributed by atoms with Crippen LogP contribution in [0.15, 0.2) is 59.7 Å². The van der Waals surface area contributed by atoms with Crippen molar-refractivity contribution in [2.75, 3.05) is 5.32 Å². The maximum Gasteiger partial charge on any atom is 0.339 e. The van der Waals surface area contributed by atoms with Crippen molar-refractivity contribution in [2.24, 2.45) is 5.10 Å². The highest BCUT2D eigenvalue weighted by atomic mass is 16.2. The van der Waals surface area contributed by atoms with E-state index in [0.29, 0.717) is 11.3 Å². The Hall–Kier alpha value is -2.95. The molecule has 2 aromatic carbocycles. The molecule has 0 saturated carbocycles. The van der Waals surface area contributed by atoms with Crippen LogP contribution in [-0.2, 0) is 0 Å². The Balaban J connectivity index is 1.87. The number of ketones is 1. The van der Waals surface area contributed by atoms with E-state index < -0.39 is 6.03 Å². The van der Waals surface area contributed by atoms with Crippen LogP contribution in [0.5, 0.6) is 0 Å². The molecule has 2 N–H and O–H groups in total. The molecule has 5 nitrogen and oxygen atoms in total. The van der Waals surface area contributed by atoms with Crippen molar-refractivity contribution in [1.29, 1.82) is 0 Å². The van der Waals surface area contributed by atoms with Gasteiger partial charge in [0.15, 0.2) is 5.78 Å². The highest BCUT2D eigenvalue weighted by Gasteiger charge is 2.02. The molecule has 0 fully saturated rings. The van der Waals surface area contributed by atoms with Crippen LogP contribution >= 0.6 is 0 Å². The molecule has 0 aliphatic carbocycles. The van der Waals surface area contributed by atoms with Gasteiger partial charge in [-0.2, -0.15) is 5.10 Å². The fourth-order valence-electron chi connectivity index (χ4n) is 1.65. The second-order valence-electron chi connectivity index (χ2n) is 4.37. The van der Waals surface area contributed by atoms with E-state index in [2.05, 4.69) is 15.8 Å². The third-order valence-corrected chi connectivity index (χ3v) is 2.73. The molecule has 0 aliphatic rings. The molecule has 0 heterocycles. The fraction of sp³-hybridized carbons (Fsp3) is 0.0625. The van der Waals surface area contributed by atoms with Gasteiger partial charge in [0.05, 0.1) is 6.21 Å². The molecular formula is C16H15N3O2. The number of amides is 2. The van der Waals surface area contributed by atoms with Gasteiger partial charge in [0.1, 0.15) is 0 Å². The van der Waals surface area contributed by atoms with E-state index in [1.807, 2.05) is 30.3 Å². The zero-order chi connectivity index (χ0) is 15.1. The van der Waals surface area contributed by atoms with Crippen molar-refractivity contribution in [2.45, 2.75) is 6.92 Å². The second kappa shape index (κ2) is 7.00. The highest BCUT2D eigenvalue weighted by molar-refractivity contribution is 5.95. The molecule has 5 heteroatoms. The highest BCUT2D eigenvalue weighted by Crippen LogP contribution is 2.09. The first kappa shape index (κ1) is 14.5. The van der Waals surface area contributed by atoms with Crippen LogP contribution in [0.1, 0.15) is 22.8 Å². The van der Waals surface area contributed by atoms with Crippen LogP contribution in [0.4, 0.5) is 10.5 Å². The minimum atomic E-state index is -0.447. The maximum atomic E-state index is 11.6. The van der Waals surface area contributed by atoms with Crippen molar-refractivity contribution in [3.8, 4) is 0 Å². The lowest BCUT2D eigenvalue weighted by atomic mass is 10.1. The van der Waals surface area contributed by atoms with E-state index in [9.17, 15) is 9.59 Å². The largest absolute Gasteiger partial charge is 0.339 e. The Morgan fingerprint density at radius 1 is 1.00 bits per heavy atom. The molecule has 2 amide bonds. The molecule has 2 aromatic rings. The zero-order valence-corrected chi connectivity index (χ0v) is 11.5. The first-order chi connectivity index (χ1) is 10.1. The van der Waals surface area contributed by atoms with Gasteiger partial charge in [-0.1, -0.05) is 30.3 Å². The van der Waals surface area contributed by atoms with Crippen molar-refractivity contribution in [3.63, 3.8) is 0 Å². The summed E-state index contributed by atoms with van der Waals surface area (Å²) in [5, 5.41) is 6.46. The molecule has 0 aromatic heterocycles. The summed E-state index contributed by atoms with van der Waals surface area (Å²) in [5.41, 5.74) is 4.45. The average Bonchev–Trinajstić information content (AvgIpc) is 2.49. The summed E-state index contributed by atoms with van der Waals surface area (Å²) in [4.78, 5) is 22.8. The molecule has 0 spiro atoms. The van der Waals surface area contributed by atoms with Gasteiger partial charge in [-0.05, 0) is 36.8 Å². The number of carbonyl (C=O) groups excluding carboxylic acids is 2. The Labute approximate surface area is 122 Å². The Bertz CT molecular complexity index is 649. The van der Waals surface area contributed by atoms with Crippen LogP contribution in [0, 0.1) is 0 Å². The Morgan fingerprint density at radius 3 is 2.29 bits per heavy atom. The van der Waals surface area contributed by atoms with Gasteiger partial charge >= 0.3 is 6.03 Å². The number of benzene rings is 2. The van der Waals surface area contributed by atoms with Crippen LogP contribution in [0.2, 0.25) is 0 Å². The average molecular weight is 281 g/mol. The van der Waals surface area contributed by atoms with Gasteiger partial charge in [-0.3, -0.25) is 4.79 Å². The number of hydrogen-bond donors (Lipinski definition) is 2. The number of nitrogens with one attached hydrogen (secondary N) is 2. The molecule has 0 atom stereocenters. The summed E-state index contributed by atoms with van der Waals surface area (Å²) in [6, 6.07) is 15.6. The molecule has 0 radical (unpaired) electrons. The first-order valence-electron chi connectivity index (χ1n) is 6.41. The number of hydrogen-bond acceptors (Lipinski definition) is 3. The van der Waals surface area contributed by atoms with Gasteiger partial charge in [-0.25, -0.2) is 10.2 Å². The normalized spacial score (nSPS) is 10.3. The SMILES string of the molecule is CC(=O)c1ccc(NC(=O)N/N=C/c2ccccc2)cc1. The summed E-state index contributed by atoms with van der Waals surface area (Å²) in [5.74, 6) is -0.0153. The number of nitrogens with zero attached hydrogens (tertiary/aromatic N) is 1. The smallest absolute Gasteiger partial charge is 0.307 e. The van der Waals surface area contributed by atoms with Crippen molar-refractivity contribution < 1.29 is 9.59 Å². The van der Waals surface area contributed by atoms with Gasteiger partial charge in [0.2, 0.25) is 0 Å². The van der Waals surface area contributed by atoms with Crippen molar-refractivity contribution >= 4 is 23.7 Å². The van der Waals surface area contributed by atoms with Crippen LogP contribution in [0.3, 0.4) is 0 Å². The monoisotopic (exact) mass is 281 g/mol. The van der Waals surface area contributed by atoms with E-state index >= 15 is 0 Å². The van der Waals surface area contributed by atoms with Gasteiger partial charge < -0.3 is 5.32 Å². The third-order valence-electron chi connectivity index (χ3n) is 2.73. The predicted octanol–water partition coefficient (Wildman–Crippen LogP) is 3.04. The number of Topliss-reactive ketones (excluding diaryl/α,β-unsaturated/α-hetero) is 1. The number of urea groups is 1. The van der Waals surface area contributed by atoms with Crippen molar-refractivity contribution in [3.05, 3.63) is 65.7 Å². The quantitative estimate of drug-likeness (QED) is 0.513. The van der Waals surface area contributed by atoms with E-state index in [1.165, 1.54) is 6.92 Å². The summed E-state index contributed by atoms with van der Waals surface area (Å²) in [7, 11) is 0. The number of carbonyl (C=O) groups is 2. The Kier molecular flexibility index (Phi) is 4.82. The summed E-state index contributed by atoms with van der Waals surface area (Å²) >= 11 is 0. The molecule has 21 heavy (non-hydrogen) atoms. The van der Waals surface area contributed by atoms with E-state index in [-0.39, 0.29) is 5.78 Å². The second-order valence-corrected chi connectivity index (χ2v) is 4.37. The zero-order valence-electron chi connectivity index (χ0n) is 11.5. The van der Waals surface area contributed by atoms with Crippen LogP contribution in [0.25, 0.3) is 0 Å². The lowest BCUT2D eigenvalue weighted by Crippen LogP contribution is -2.24. The lowest BCUT2D eigenvalue weighted by molar-refractivity contribution is 0.101. The molecule has 106 valence electrons. The van der Waals surface area contributed by atoms with Crippen molar-refractivity contribution in [1.82, 2.24) is 5.43 Å². The number of hydrazone groups is 1. The molecule has 0 bridgehead atoms. The van der Waals surface area contributed by atoms with E-state index in [0.717, 1.165) is 5.56 Å². The number of anilines is 1. The van der Waals surface area contributed by atoms with Gasteiger partial charge in [0.25, 0.3) is 0 Å².